The molecule has 1 saturated heterocycles. The molecule has 1 N–H and O–H groups in total. The summed E-state index contributed by atoms with van der Waals surface area (Å²) in [6.45, 7) is 3.53. The highest BCUT2D eigenvalue weighted by atomic mass is 16.6. The zero-order valence-electron chi connectivity index (χ0n) is 13.2. The molecule has 1 aromatic carbocycles. The Bertz CT molecular complexity index is 595. The van der Waals surface area contributed by atoms with Crippen molar-refractivity contribution in [3.8, 4) is 0 Å². The lowest BCUT2D eigenvalue weighted by Gasteiger charge is -2.31. The van der Waals surface area contributed by atoms with Crippen LogP contribution in [-0.2, 0) is 4.79 Å². The third-order valence-corrected chi connectivity index (χ3v) is 4.03. The lowest BCUT2D eigenvalue weighted by molar-refractivity contribution is -0.385. The van der Waals surface area contributed by atoms with Crippen molar-refractivity contribution in [2.75, 3.05) is 19.6 Å². The van der Waals surface area contributed by atoms with E-state index in [0.717, 1.165) is 6.42 Å². The topological polar surface area (TPSA) is 92.6 Å². The number of nitro groups is 1. The van der Waals surface area contributed by atoms with Crippen molar-refractivity contribution in [3.05, 3.63) is 39.9 Å². The molecule has 0 aliphatic carbocycles. The number of carbonyl (C=O) groups excluding carboxylic acids is 2. The van der Waals surface area contributed by atoms with Crippen LogP contribution in [0.2, 0.25) is 0 Å². The van der Waals surface area contributed by atoms with Crippen molar-refractivity contribution in [2.24, 2.45) is 5.92 Å². The van der Waals surface area contributed by atoms with Crippen LogP contribution in [0.5, 0.6) is 0 Å². The third kappa shape index (κ3) is 4.06. The molecule has 2 rings (SSSR count). The van der Waals surface area contributed by atoms with Crippen LogP contribution in [0.4, 0.5) is 5.69 Å². The second-order valence-electron chi connectivity index (χ2n) is 5.63. The number of nitrogens with zero attached hydrogens (tertiary/aromatic N) is 2. The first-order chi connectivity index (χ1) is 11.0. The molecule has 124 valence electrons. The third-order valence-electron chi connectivity index (χ3n) is 4.03. The van der Waals surface area contributed by atoms with Gasteiger partial charge in [0.1, 0.15) is 5.56 Å². The summed E-state index contributed by atoms with van der Waals surface area (Å²) < 4.78 is 0. The zero-order chi connectivity index (χ0) is 16.8. The standard InChI is InChI=1S/C16H21N3O4/c1-2-9-17-15(20)12-7-10-18(11-8-12)16(21)13-5-3-4-6-14(13)19(22)23/h3-6,12H,2,7-11H2,1H3,(H,17,20). The number of piperidine rings is 1. The molecule has 2 amide bonds. The van der Waals surface area contributed by atoms with Crippen LogP contribution in [0.3, 0.4) is 0 Å². The Morgan fingerprint density at radius 2 is 1.96 bits per heavy atom. The Balaban J connectivity index is 1.99. The summed E-state index contributed by atoms with van der Waals surface area (Å²) in [5.41, 5.74) is -0.0771. The number of amides is 2. The van der Waals surface area contributed by atoms with Crippen LogP contribution < -0.4 is 5.32 Å². The molecule has 1 aliphatic heterocycles. The fourth-order valence-corrected chi connectivity index (χ4v) is 2.72. The largest absolute Gasteiger partial charge is 0.356 e. The van der Waals surface area contributed by atoms with Crippen molar-refractivity contribution in [1.82, 2.24) is 10.2 Å². The summed E-state index contributed by atoms with van der Waals surface area (Å²) in [4.78, 5) is 36.5. The number of nitro benzene ring substituents is 1. The summed E-state index contributed by atoms with van der Waals surface area (Å²) in [6, 6.07) is 5.96. The van der Waals surface area contributed by atoms with Gasteiger partial charge in [0.15, 0.2) is 0 Å². The van der Waals surface area contributed by atoms with Crippen LogP contribution in [0.1, 0.15) is 36.5 Å². The molecule has 23 heavy (non-hydrogen) atoms. The van der Waals surface area contributed by atoms with Crippen LogP contribution in [0.25, 0.3) is 0 Å². The average Bonchev–Trinajstić information content (AvgIpc) is 2.59. The smallest absolute Gasteiger partial charge is 0.282 e. The predicted molar refractivity (Wildman–Crippen MR) is 85.0 cm³/mol. The summed E-state index contributed by atoms with van der Waals surface area (Å²) in [5.74, 6) is -0.397. The number of carbonyl (C=O) groups is 2. The Morgan fingerprint density at radius 3 is 2.57 bits per heavy atom. The summed E-state index contributed by atoms with van der Waals surface area (Å²) in [5, 5.41) is 13.9. The first kappa shape index (κ1) is 16.9. The molecular formula is C16H21N3O4. The van der Waals surface area contributed by atoms with Gasteiger partial charge in [-0.3, -0.25) is 19.7 Å². The van der Waals surface area contributed by atoms with Gasteiger partial charge < -0.3 is 10.2 Å². The number of hydrogen-bond donors (Lipinski definition) is 1. The van der Waals surface area contributed by atoms with Crippen LogP contribution in [0.15, 0.2) is 24.3 Å². The molecule has 1 aliphatic rings. The van der Waals surface area contributed by atoms with Gasteiger partial charge >= 0.3 is 0 Å². The lowest BCUT2D eigenvalue weighted by Crippen LogP contribution is -2.43. The highest BCUT2D eigenvalue weighted by Gasteiger charge is 2.30. The minimum atomic E-state index is -0.543. The van der Waals surface area contributed by atoms with E-state index in [9.17, 15) is 19.7 Å². The van der Waals surface area contributed by atoms with E-state index in [1.807, 2.05) is 6.92 Å². The molecule has 0 unspecified atom stereocenters. The van der Waals surface area contributed by atoms with E-state index < -0.39 is 4.92 Å². The van der Waals surface area contributed by atoms with Gasteiger partial charge in [0.05, 0.1) is 4.92 Å². The minimum absolute atomic E-state index is 0.0321. The summed E-state index contributed by atoms with van der Waals surface area (Å²) >= 11 is 0. The van der Waals surface area contributed by atoms with E-state index in [2.05, 4.69) is 5.32 Å². The van der Waals surface area contributed by atoms with Gasteiger partial charge in [-0.15, -0.1) is 0 Å². The van der Waals surface area contributed by atoms with E-state index in [0.29, 0.717) is 32.5 Å². The molecule has 1 heterocycles. The summed E-state index contributed by atoms with van der Waals surface area (Å²) in [7, 11) is 0. The maximum Gasteiger partial charge on any atom is 0.282 e. The van der Waals surface area contributed by atoms with Crippen molar-refractivity contribution in [1.29, 1.82) is 0 Å². The van der Waals surface area contributed by atoms with E-state index in [4.69, 9.17) is 0 Å². The van der Waals surface area contributed by atoms with Gasteiger partial charge in [-0.25, -0.2) is 0 Å². The number of rotatable bonds is 5. The summed E-state index contributed by atoms with van der Waals surface area (Å²) in [6.07, 6.45) is 2.06. The number of benzene rings is 1. The number of likely N-dealkylation sites (tertiary alicyclic amines) is 1. The van der Waals surface area contributed by atoms with Gasteiger partial charge in [0.25, 0.3) is 11.6 Å². The molecule has 7 heteroatoms. The second kappa shape index (κ2) is 7.71. The van der Waals surface area contributed by atoms with Crippen LogP contribution in [-0.4, -0.2) is 41.3 Å². The SMILES string of the molecule is CCCNC(=O)C1CCN(C(=O)c2ccccc2[N+](=O)[O-])CC1. The highest BCUT2D eigenvalue weighted by molar-refractivity contribution is 5.98. The molecular weight excluding hydrogens is 298 g/mol. The molecule has 1 fully saturated rings. The van der Waals surface area contributed by atoms with Gasteiger partial charge in [0, 0.05) is 31.6 Å². The zero-order valence-corrected chi connectivity index (χ0v) is 13.2. The Morgan fingerprint density at radius 1 is 1.30 bits per heavy atom. The van der Waals surface area contributed by atoms with Gasteiger partial charge in [0.2, 0.25) is 5.91 Å². The van der Waals surface area contributed by atoms with E-state index in [1.54, 1.807) is 17.0 Å². The van der Waals surface area contributed by atoms with E-state index in [1.165, 1.54) is 12.1 Å². The van der Waals surface area contributed by atoms with Crippen molar-refractivity contribution < 1.29 is 14.5 Å². The van der Waals surface area contributed by atoms with Gasteiger partial charge in [-0.1, -0.05) is 19.1 Å². The normalized spacial score (nSPS) is 15.3. The monoisotopic (exact) mass is 319 g/mol. The maximum absolute atomic E-state index is 12.5. The Hall–Kier alpha value is -2.44. The molecule has 0 bridgehead atoms. The van der Waals surface area contributed by atoms with Gasteiger partial charge in [-0.2, -0.15) is 0 Å². The lowest BCUT2D eigenvalue weighted by atomic mass is 9.95. The average molecular weight is 319 g/mol. The Kier molecular flexibility index (Phi) is 5.67. The van der Waals surface area contributed by atoms with Gasteiger partial charge in [-0.05, 0) is 25.3 Å². The number of hydrogen-bond acceptors (Lipinski definition) is 4. The minimum Gasteiger partial charge on any atom is -0.356 e. The van der Waals surface area contributed by atoms with E-state index in [-0.39, 0.29) is 29.0 Å². The van der Waals surface area contributed by atoms with Crippen LogP contribution in [0, 0.1) is 16.0 Å². The number of para-hydroxylation sites is 1. The quantitative estimate of drug-likeness (QED) is 0.663. The Labute approximate surface area is 134 Å². The molecule has 0 aromatic heterocycles. The van der Waals surface area contributed by atoms with E-state index >= 15 is 0 Å². The molecule has 7 nitrogen and oxygen atoms in total. The van der Waals surface area contributed by atoms with Crippen molar-refractivity contribution >= 4 is 17.5 Å². The fourth-order valence-electron chi connectivity index (χ4n) is 2.72. The van der Waals surface area contributed by atoms with Crippen LogP contribution >= 0.6 is 0 Å². The number of nitrogens with one attached hydrogen (secondary N) is 1. The predicted octanol–water partition coefficient (Wildman–Crippen LogP) is 1.97. The fraction of sp³-hybridized carbons (Fsp3) is 0.500. The molecule has 1 aromatic rings. The van der Waals surface area contributed by atoms with Crippen molar-refractivity contribution in [3.63, 3.8) is 0 Å². The molecule has 0 atom stereocenters. The first-order valence-corrected chi connectivity index (χ1v) is 7.85. The molecule has 0 spiro atoms. The molecule has 0 saturated carbocycles. The highest BCUT2D eigenvalue weighted by Crippen LogP contribution is 2.23. The molecule has 0 radical (unpaired) electrons. The van der Waals surface area contributed by atoms with Crippen molar-refractivity contribution in [2.45, 2.75) is 26.2 Å². The maximum atomic E-state index is 12.5. The first-order valence-electron chi connectivity index (χ1n) is 7.85. The second-order valence-corrected chi connectivity index (χ2v) is 5.63.